The molecular formula is C21H18F3N3O2. The van der Waals surface area contributed by atoms with Gasteiger partial charge in [-0.1, -0.05) is 23.8 Å². The van der Waals surface area contributed by atoms with E-state index < -0.39 is 24.5 Å². The Bertz CT molecular complexity index is 1090. The fraction of sp³-hybridized carbons (Fsp3) is 0.190. The molecule has 8 heteroatoms. The Morgan fingerprint density at radius 3 is 2.41 bits per heavy atom. The number of pyridine rings is 1. The van der Waals surface area contributed by atoms with Crippen LogP contribution in [0.5, 0.6) is 0 Å². The molecule has 29 heavy (non-hydrogen) atoms. The predicted octanol–water partition coefficient (Wildman–Crippen LogP) is 4.40. The van der Waals surface area contributed by atoms with E-state index in [1.807, 2.05) is 30.4 Å². The number of carbonyl (C=O) groups is 2. The number of anilines is 1. The largest absolute Gasteiger partial charge is 0.405 e. The van der Waals surface area contributed by atoms with Crippen LogP contribution in [0.15, 0.2) is 48.5 Å². The second kappa shape index (κ2) is 7.90. The quantitative estimate of drug-likeness (QED) is 0.681. The highest BCUT2D eigenvalue weighted by molar-refractivity contribution is 6.14. The van der Waals surface area contributed by atoms with Gasteiger partial charge in [0.25, 0.3) is 11.8 Å². The van der Waals surface area contributed by atoms with Gasteiger partial charge < -0.3 is 10.6 Å². The van der Waals surface area contributed by atoms with Crippen LogP contribution in [0.3, 0.4) is 0 Å². The van der Waals surface area contributed by atoms with Crippen LogP contribution < -0.4 is 10.6 Å². The highest BCUT2D eigenvalue weighted by atomic mass is 19.4. The maximum absolute atomic E-state index is 12.9. The Hall–Kier alpha value is -3.42. The lowest BCUT2D eigenvalue weighted by Crippen LogP contribution is -2.34. The number of carbonyl (C=O) groups excluding carboxylic acids is 2. The first kappa shape index (κ1) is 20.3. The van der Waals surface area contributed by atoms with Gasteiger partial charge in [-0.2, -0.15) is 13.2 Å². The van der Waals surface area contributed by atoms with E-state index in [4.69, 9.17) is 0 Å². The Balaban J connectivity index is 1.92. The van der Waals surface area contributed by atoms with E-state index in [1.54, 1.807) is 19.1 Å². The van der Waals surface area contributed by atoms with E-state index in [-0.39, 0.29) is 11.3 Å². The molecule has 0 aliphatic rings. The number of nitrogens with one attached hydrogen (secondary N) is 2. The average Bonchev–Trinajstić information content (AvgIpc) is 2.65. The highest BCUT2D eigenvalue weighted by Crippen LogP contribution is 2.23. The minimum atomic E-state index is -4.53. The summed E-state index contributed by atoms with van der Waals surface area (Å²) in [6, 6.07) is 13.1. The van der Waals surface area contributed by atoms with Crippen molar-refractivity contribution >= 4 is 28.4 Å². The number of para-hydroxylation sites is 1. The number of amides is 2. The molecule has 3 rings (SSSR count). The van der Waals surface area contributed by atoms with Gasteiger partial charge in [0.05, 0.1) is 22.3 Å². The summed E-state index contributed by atoms with van der Waals surface area (Å²) in [5.41, 5.74) is 2.66. The summed E-state index contributed by atoms with van der Waals surface area (Å²) in [6.07, 6.45) is -4.53. The lowest BCUT2D eigenvalue weighted by Gasteiger charge is -2.14. The summed E-state index contributed by atoms with van der Waals surface area (Å²) in [6.45, 7) is 2.19. The number of hydrogen-bond donors (Lipinski definition) is 2. The monoisotopic (exact) mass is 401 g/mol. The van der Waals surface area contributed by atoms with Crippen molar-refractivity contribution in [3.05, 3.63) is 70.9 Å². The Morgan fingerprint density at radius 1 is 0.966 bits per heavy atom. The van der Waals surface area contributed by atoms with Crippen molar-refractivity contribution in [2.24, 2.45) is 0 Å². The van der Waals surface area contributed by atoms with Gasteiger partial charge in [0.2, 0.25) is 0 Å². The Morgan fingerprint density at radius 2 is 1.69 bits per heavy atom. The number of aryl methyl sites for hydroxylation is 2. The van der Waals surface area contributed by atoms with Crippen molar-refractivity contribution in [3.8, 4) is 0 Å². The topological polar surface area (TPSA) is 71.1 Å². The van der Waals surface area contributed by atoms with Crippen molar-refractivity contribution in [1.29, 1.82) is 0 Å². The van der Waals surface area contributed by atoms with Crippen LogP contribution in [0.1, 0.15) is 32.0 Å². The molecule has 3 aromatic rings. The molecule has 0 bridgehead atoms. The van der Waals surface area contributed by atoms with E-state index in [0.717, 1.165) is 5.56 Å². The molecule has 150 valence electrons. The second-order valence-corrected chi connectivity index (χ2v) is 6.63. The molecule has 5 nitrogen and oxygen atoms in total. The van der Waals surface area contributed by atoms with E-state index in [2.05, 4.69) is 10.3 Å². The van der Waals surface area contributed by atoms with Gasteiger partial charge in [0, 0.05) is 11.1 Å². The van der Waals surface area contributed by atoms with E-state index in [9.17, 15) is 22.8 Å². The van der Waals surface area contributed by atoms with E-state index >= 15 is 0 Å². The van der Waals surface area contributed by atoms with E-state index in [0.29, 0.717) is 22.2 Å². The lowest BCUT2D eigenvalue weighted by molar-refractivity contribution is -0.123. The number of nitrogens with zero attached hydrogens (tertiary/aromatic N) is 1. The summed E-state index contributed by atoms with van der Waals surface area (Å²) in [5, 5.41) is 5.09. The van der Waals surface area contributed by atoms with Gasteiger partial charge in [-0.25, -0.2) is 0 Å². The minimum Gasteiger partial charge on any atom is -0.343 e. The highest BCUT2D eigenvalue weighted by Gasteiger charge is 2.28. The van der Waals surface area contributed by atoms with Gasteiger partial charge in [0.15, 0.2) is 0 Å². The predicted molar refractivity (Wildman–Crippen MR) is 104 cm³/mol. The Labute approximate surface area is 164 Å². The fourth-order valence-corrected chi connectivity index (χ4v) is 2.92. The number of aromatic nitrogens is 1. The number of fused-ring (bicyclic) bond motifs is 1. The number of alkyl halides is 3. The summed E-state index contributed by atoms with van der Waals surface area (Å²) in [7, 11) is 0. The van der Waals surface area contributed by atoms with Crippen molar-refractivity contribution < 1.29 is 22.8 Å². The molecule has 2 N–H and O–H groups in total. The van der Waals surface area contributed by atoms with E-state index in [1.165, 1.54) is 18.2 Å². The summed E-state index contributed by atoms with van der Waals surface area (Å²) in [4.78, 5) is 29.5. The molecule has 0 saturated heterocycles. The molecule has 0 spiro atoms. The minimum absolute atomic E-state index is 0.0589. The molecule has 0 saturated carbocycles. The molecule has 1 aromatic heterocycles. The smallest absolute Gasteiger partial charge is 0.343 e. The molecule has 0 radical (unpaired) electrons. The average molecular weight is 401 g/mol. The molecule has 0 unspecified atom stereocenters. The first-order chi connectivity index (χ1) is 13.6. The molecule has 0 fully saturated rings. The maximum atomic E-state index is 12.9. The molecule has 1 heterocycles. The molecule has 0 aliphatic carbocycles. The number of benzene rings is 2. The molecule has 2 aromatic carbocycles. The second-order valence-electron chi connectivity index (χ2n) is 6.63. The van der Waals surface area contributed by atoms with Crippen LogP contribution in [0, 0.1) is 13.8 Å². The van der Waals surface area contributed by atoms with Crippen molar-refractivity contribution in [1.82, 2.24) is 10.3 Å². The lowest BCUT2D eigenvalue weighted by atomic mass is 10.0. The molecule has 2 amide bonds. The zero-order valence-electron chi connectivity index (χ0n) is 15.7. The van der Waals surface area contributed by atoms with Crippen LogP contribution in [0.25, 0.3) is 10.9 Å². The fourth-order valence-electron chi connectivity index (χ4n) is 2.92. The maximum Gasteiger partial charge on any atom is 0.405 e. The zero-order valence-corrected chi connectivity index (χ0v) is 15.7. The van der Waals surface area contributed by atoms with Crippen molar-refractivity contribution in [2.75, 3.05) is 11.9 Å². The van der Waals surface area contributed by atoms with Crippen LogP contribution in [-0.2, 0) is 0 Å². The number of hydrogen-bond acceptors (Lipinski definition) is 3. The standard InChI is InChI=1S/C21H18F3N3O2/c1-12-7-8-18-15(9-12)16(10-13(2)26-18)20(29)27-17-6-4-3-5-14(17)19(28)25-11-21(22,23)24/h3-10H,11H2,1-2H3,(H,25,28)(H,27,29). The van der Waals surface area contributed by atoms with Crippen molar-refractivity contribution in [2.45, 2.75) is 20.0 Å². The van der Waals surface area contributed by atoms with Gasteiger partial charge in [-0.15, -0.1) is 0 Å². The van der Waals surface area contributed by atoms with Crippen LogP contribution in [0.4, 0.5) is 18.9 Å². The first-order valence-corrected chi connectivity index (χ1v) is 8.77. The summed E-state index contributed by atoms with van der Waals surface area (Å²) in [5.74, 6) is -1.41. The van der Waals surface area contributed by atoms with Crippen LogP contribution in [-0.4, -0.2) is 29.5 Å². The first-order valence-electron chi connectivity index (χ1n) is 8.77. The van der Waals surface area contributed by atoms with Crippen LogP contribution in [0.2, 0.25) is 0 Å². The summed E-state index contributed by atoms with van der Waals surface area (Å²) < 4.78 is 37.2. The number of halogens is 3. The van der Waals surface area contributed by atoms with Crippen molar-refractivity contribution in [3.63, 3.8) is 0 Å². The van der Waals surface area contributed by atoms with Gasteiger partial charge in [-0.3, -0.25) is 14.6 Å². The van der Waals surface area contributed by atoms with Gasteiger partial charge in [0.1, 0.15) is 6.54 Å². The summed E-state index contributed by atoms with van der Waals surface area (Å²) >= 11 is 0. The molecule has 0 atom stereocenters. The third-order valence-corrected chi connectivity index (χ3v) is 4.21. The normalized spacial score (nSPS) is 11.3. The van der Waals surface area contributed by atoms with Crippen LogP contribution >= 0.6 is 0 Å². The zero-order chi connectivity index (χ0) is 21.2. The third kappa shape index (κ3) is 4.90. The van der Waals surface area contributed by atoms with Gasteiger partial charge in [-0.05, 0) is 44.2 Å². The Kier molecular flexibility index (Phi) is 5.54. The SMILES string of the molecule is Cc1ccc2nc(C)cc(C(=O)Nc3ccccc3C(=O)NCC(F)(F)F)c2c1. The molecular weight excluding hydrogens is 383 g/mol. The van der Waals surface area contributed by atoms with Gasteiger partial charge >= 0.3 is 6.18 Å². The number of rotatable bonds is 4. The molecule has 0 aliphatic heterocycles. The third-order valence-electron chi connectivity index (χ3n) is 4.21.